The van der Waals surface area contributed by atoms with Crippen molar-refractivity contribution in [2.24, 2.45) is 0 Å². The molecule has 2 rings (SSSR count). The van der Waals surface area contributed by atoms with E-state index in [-0.39, 0.29) is 18.3 Å². The fourth-order valence-electron chi connectivity index (χ4n) is 2.59. The standard InChI is InChI=1S/C15H22N2O2.ClH/c1-4-19-14-8-6-5-7-13(14)15(18)17-9-11(2)16-12(3)10-17;/h5-8,11-12,16H,4,9-10H2,1-3H3;1H. The molecule has 1 N–H and O–H groups in total. The van der Waals surface area contributed by atoms with Gasteiger partial charge in [0.15, 0.2) is 0 Å². The topological polar surface area (TPSA) is 41.6 Å². The number of benzene rings is 1. The molecule has 2 unspecified atom stereocenters. The van der Waals surface area contributed by atoms with E-state index >= 15 is 0 Å². The zero-order chi connectivity index (χ0) is 13.8. The molecule has 5 heteroatoms. The van der Waals surface area contributed by atoms with Gasteiger partial charge in [0.1, 0.15) is 5.75 Å². The van der Waals surface area contributed by atoms with E-state index in [0.717, 1.165) is 13.1 Å². The largest absolute Gasteiger partial charge is 0.493 e. The van der Waals surface area contributed by atoms with E-state index in [2.05, 4.69) is 19.2 Å². The maximum absolute atomic E-state index is 12.6. The Balaban J connectivity index is 0.00000200. The van der Waals surface area contributed by atoms with Crippen LogP contribution in [0.2, 0.25) is 0 Å². The molecule has 1 saturated heterocycles. The summed E-state index contributed by atoms with van der Waals surface area (Å²) in [5.74, 6) is 0.734. The number of para-hydroxylation sites is 1. The van der Waals surface area contributed by atoms with Crippen LogP contribution >= 0.6 is 12.4 Å². The van der Waals surface area contributed by atoms with Gasteiger partial charge in [0.05, 0.1) is 12.2 Å². The molecule has 1 aromatic rings. The van der Waals surface area contributed by atoms with Gasteiger partial charge in [-0.05, 0) is 32.9 Å². The van der Waals surface area contributed by atoms with Gasteiger partial charge in [-0.1, -0.05) is 12.1 Å². The predicted octanol–water partition coefficient (Wildman–Crippen LogP) is 2.33. The molecule has 1 aromatic carbocycles. The second-order valence-electron chi connectivity index (χ2n) is 5.11. The first-order valence-corrected chi connectivity index (χ1v) is 6.89. The molecule has 1 heterocycles. The van der Waals surface area contributed by atoms with Crippen LogP contribution in [-0.2, 0) is 0 Å². The second kappa shape index (κ2) is 7.50. The van der Waals surface area contributed by atoms with Crippen molar-refractivity contribution in [3.05, 3.63) is 29.8 Å². The van der Waals surface area contributed by atoms with Gasteiger partial charge < -0.3 is 15.0 Å². The van der Waals surface area contributed by atoms with Gasteiger partial charge in [-0.15, -0.1) is 12.4 Å². The number of carbonyl (C=O) groups is 1. The normalized spacial score (nSPS) is 22.1. The minimum atomic E-state index is 0. The molecule has 0 bridgehead atoms. The summed E-state index contributed by atoms with van der Waals surface area (Å²) in [6.45, 7) is 8.18. The van der Waals surface area contributed by atoms with E-state index in [9.17, 15) is 4.79 Å². The van der Waals surface area contributed by atoms with Crippen LogP contribution < -0.4 is 10.1 Å². The average molecular weight is 299 g/mol. The molecule has 0 spiro atoms. The van der Waals surface area contributed by atoms with Crippen molar-refractivity contribution < 1.29 is 9.53 Å². The van der Waals surface area contributed by atoms with Crippen molar-refractivity contribution >= 4 is 18.3 Å². The molecule has 1 amide bonds. The Bertz CT molecular complexity index is 443. The maximum atomic E-state index is 12.6. The Labute approximate surface area is 126 Å². The third-order valence-electron chi connectivity index (χ3n) is 3.26. The lowest BCUT2D eigenvalue weighted by atomic mass is 10.1. The molecule has 1 fully saturated rings. The van der Waals surface area contributed by atoms with Gasteiger partial charge >= 0.3 is 0 Å². The van der Waals surface area contributed by atoms with E-state index in [1.54, 1.807) is 0 Å². The van der Waals surface area contributed by atoms with Crippen molar-refractivity contribution in [2.45, 2.75) is 32.9 Å². The van der Waals surface area contributed by atoms with Crippen molar-refractivity contribution in [1.82, 2.24) is 10.2 Å². The van der Waals surface area contributed by atoms with Gasteiger partial charge in [0.2, 0.25) is 0 Å². The summed E-state index contributed by atoms with van der Waals surface area (Å²) in [7, 11) is 0. The molecule has 1 aliphatic rings. The predicted molar refractivity (Wildman–Crippen MR) is 82.8 cm³/mol. The Hall–Kier alpha value is -1.26. The summed E-state index contributed by atoms with van der Waals surface area (Å²) < 4.78 is 5.54. The third-order valence-corrected chi connectivity index (χ3v) is 3.26. The second-order valence-corrected chi connectivity index (χ2v) is 5.11. The monoisotopic (exact) mass is 298 g/mol. The molecule has 0 radical (unpaired) electrons. The molecule has 0 aliphatic carbocycles. The SMILES string of the molecule is CCOc1ccccc1C(=O)N1CC(C)NC(C)C1.Cl. The van der Waals surface area contributed by atoms with Gasteiger partial charge in [-0.2, -0.15) is 0 Å². The number of hydrogen-bond acceptors (Lipinski definition) is 3. The van der Waals surface area contributed by atoms with E-state index in [4.69, 9.17) is 4.74 Å². The van der Waals surface area contributed by atoms with E-state index in [0.29, 0.717) is 30.0 Å². The molecular weight excluding hydrogens is 276 g/mol. The molecule has 1 aliphatic heterocycles. The lowest BCUT2D eigenvalue weighted by Gasteiger charge is -2.36. The van der Waals surface area contributed by atoms with Gasteiger partial charge in [0, 0.05) is 25.2 Å². The number of piperazine rings is 1. The number of rotatable bonds is 3. The first-order valence-electron chi connectivity index (χ1n) is 6.89. The summed E-state index contributed by atoms with van der Waals surface area (Å²) in [5, 5.41) is 3.43. The van der Waals surface area contributed by atoms with E-state index in [1.807, 2.05) is 36.1 Å². The molecule has 2 atom stereocenters. The molecule has 0 aromatic heterocycles. The Morgan fingerprint density at radius 2 is 1.90 bits per heavy atom. The smallest absolute Gasteiger partial charge is 0.257 e. The van der Waals surface area contributed by atoms with Crippen LogP contribution in [0, 0.1) is 0 Å². The number of nitrogens with one attached hydrogen (secondary N) is 1. The number of amides is 1. The summed E-state index contributed by atoms with van der Waals surface area (Å²) in [4.78, 5) is 14.5. The highest BCUT2D eigenvalue weighted by molar-refractivity contribution is 5.97. The third kappa shape index (κ3) is 3.87. The number of halogens is 1. The van der Waals surface area contributed by atoms with Crippen molar-refractivity contribution in [1.29, 1.82) is 0 Å². The highest BCUT2D eigenvalue weighted by Crippen LogP contribution is 2.21. The summed E-state index contributed by atoms with van der Waals surface area (Å²) in [5.41, 5.74) is 0.658. The summed E-state index contributed by atoms with van der Waals surface area (Å²) >= 11 is 0. The average Bonchev–Trinajstić information content (AvgIpc) is 2.38. The van der Waals surface area contributed by atoms with Crippen LogP contribution in [-0.4, -0.2) is 42.6 Å². The van der Waals surface area contributed by atoms with E-state index < -0.39 is 0 Å². The Morgan fingerprint density at radius 3 is 2.50 bits per heavy atom. The molecule has 20 heavy (non-hydrogen) atoms. The number of hydrogen-bond donors (Lipinski definition) is 1. The zero-order valence-corrected chi connectivity index (χ0v) is 13.1. The van der Waals surface area contributed by atoms with Crippen molar-refractivity contribution in [3.8, 4) is 5.75 Å². The van der Waals surface area contributed by atoms with Crippen LogP contribution in [0.1, 0.15) is 31.1 Å². The fourth-order valence-corrected chi connectivity index (χ4v) is 2.59. The fraction of sp³-hybridized carbons (Fsp3) is 0.533. The van der Waals surface area contributed by atoms with Crippen LogP contribution in [0.5, 0.6) is 5.75 Å². The minimum absolute atomic E-state index is 0. The molecular formula is C15H23ClN2O2. The lowest BCUT2D eigenvalue weighted by Crippen LogP contribution is -2.55. The Kier molecular flexibility index (Phi) is 6.30. The first-order chi connectivity index (χ1) is 9.11. The lowest BCUT2D eigenvalue weighted by molar-refractivity contribution is 0.0669. The van der Waals surface area contributed by atoms with Gasteiger partial charge in [0.25, 0.3) is 5.91 Å². The van der Waals surface area contributed by atoms with Crippen LogP contribution in [0.25, 0.3) is 0 Å². The minimum Gasteiger partial charge on any atom is -0.493 e. The van der Waals surface area contributed by atoms with Crippen molar-refractivity contribution in [2.75, 3.05) is 19.7 Å². The van der Waals surface area contributed by atoms with E-state index in [1.165, 1.54) is 0 Å². The zero-order valence-electron chi connectivity index (χ0n) is 12.3. The van der Waals surface area contributed by atoms with Crippen LogP contribution in [0.15, 0.2) is 24.3 Å². The highest BCUT2D eigenvalue weighted by Gasteiger charge is 2.26. The van der Waals surface area contributed by atoms with Crippen LogP contribution in [0.3, 0.4) is 0 Å². The molecule has 0 saturated carbocycles. The molecule has 4 nitrogen and oxygen atoms in total. The molecule has 112 valence electrons. The summed E-state index contributed by atoms with van der Waals surface area (Å²) in [6.07, 6.45) is 0. The number of carbonyl (C=O) groups excluding carboxylic acids is 1. The Morgan fingerprint density at radius 1 is 1.30 bits per heavy atom. The van der Waals surface area contributed by atoms with Crippen molar-refractivity contribution in [3.63, 3.8) is 0 Å². The number of nitrogens with zero attached hydrogens (tertiary/aromatic N) is 1. The van der Waals surface area contributed by atoms with Gasteiger partial charge in [-0.3, -0.25) is 4.79 Å². The quantitative estimate of drug-likeness (QED) is 0.931. The first kappa shape index (κ1) is 16.8. The highest BCUT2D eigenvalue weighted by atomic mass is 35.5. The summed E-state index contributed by atoms with van der Waals surface area (Å²) in [6, 6.07) is 8.12. The van der Waals surface area contributed by atoms with Gasteiger partial charge in [-0.25, -0.2) is 0 Å². The maximum Gasteiger partial charge on any atom is 0.257 e. The number of ether oxygens (including phenoxy) is 1. The van der Waals surface area contributed by atoms with Crippen LogP contribution in [0.4, 0.5) is 0 Å².